The van der Waals surface area contributed by atoms with Crippen LogP contribution >= 0.6 is 11.8 Å². The van der Waals surface area contributed by atoms with Crippen molar-refractivity contribution in [2.75, 3.05) is 37.4 Å². The van der Waals surface area contributed by atoms with Crippen LogP contribution in [0.4, 0.5) is 5.69 Å². The minimum Gasteiger partial charge on any atom is -0.493 e. The molecule has 1 saturated carbocycles. The van der Waals surface area contributed by atoms with Crippen molar-refractivity contribution in [3.63, 3.8) is 0 Å². The summed E-state index contributed by atoms with van der Waals surface area (Å²) in [4.78, 5) is 12.7. The average Bonchev–Trinajstić information content (AvgIpc) is 3.34. The molecule has 0 spiro atoms. The molecule has 0 saturated heterocycles. The van der Waals surface area contributed by atoms with Gasteiger partial charge in [-0.15, -0.1) is 0 Å². The van der Waals surface area contributed by atoms with Crippen LogP contribution in [-0.4, -0.2) is 52.6 Å². The molecule has 0 aromatic heterocycles. The summed E-state index contributed by atoms with van der Waals surface area (Å²) in [5, 5.41) is 3.54. The van der Waals surface area contributed by atoms with Crippen LogP contribution in [0.1, 0.15) is 25.7 Å². The highest BCUT2D eigenvalue weighted by Crippen LogP contribution is 2.32. The van der Waals surface area contributed by atoms with E-state index in [2.05, 4.69) is 5.32 Å². The van der Waals surface area contributed by atoms with E-state index in [1.165, 1.54) is 58.1 Å². The Morgan fingerprint density at radius 1 is 1.06 bits per heavy atom. The molecule has 9 heteroatoms. The molecule has 1 amide bonds. The van der Waals surface area contributed by atoms with Gasteiger partial charge in [0, 0.05) is 23.6 Å². The van der Waals surface area contributed by atoms with E-state index in [1.54, 1.807) is 30.3 Å². The van der Waals surface area contributed by atoms with Crippen LogP contribution in [0, 0.1) is 0 Å². The molecule has 0 bridgehead atoms. The monoisotopic (exact) mass is 478 g/mol. The highest BCUT2D eigenvalue weighted by molar-refractivity contribution is 7.99. The first kappa shape index (κ1) is 24.3. The summed E-state index contributed by atoms with van der Waals surface area (Å²) in [5.74, 6) is 1.21. The molecule has 0 radical (unpaired) electrons. The Morgan fingerprint density at radius 3 is 2.41 bits per heavy atom. The summed E-state index contributed by atoms with van der Waals surface area (Å²) in [6.45, 7) is 0.202. The van der Waals surface area contributed by atoms with Crippen molar-refractivity contribution in [2.24, 2.45) is 0 Å². The number of nitrogens with zero attached hydrogens (tertiary/aromatic N) is 1. The SMILES string of the molecule is COc1ccc(S(=O)(=O)N(CC(=O)NCCSC2CCCC2)c2ccccc2)cc1OC. The van der Waals surface area contributed by atoms with E-state index in [-0.39, 0.29) is 17.3 Å². The number of thioether (sulfide) groups is 1. The highest BCUT2D eigenvalue weighted by atomic mass is 32.2. The van der Waals surface area contributed by atoms with Gasteiger partial charge in [-0.05, 0) is 37.1 Å². The molecule has 3 rings (SSSR count). The predicted octanol–water partition coefficient (Wildman–Crippen LogP) is 3.69. The Morgan fingerprint density at radius 2 is 1.75 bits per heavy atom. The number of amides is 1. The van der Waals surface area contributed by atoms with Gasteiger partial charge in [-0.3, -0.25) is 9.10 Å². The minimum absolute atomic E-state index is 0.0172. The molecule has 1 aliphatic rings. The van der Waals surface area contributed by atoms with Gasteiger partial charge in [0.15, 0.2) is 11.5 Å². The first-order valence-corrected chi connectivity index (χ1v) is 13.1. The Labute approximate surface area is 194 Å². The number of carbonyl (C=O) groups excluding carboxylic acids is 1. The summed E-state index contributed by atoms with van der Waals surface area (Å²) in [7, 11) is -1.09. The smallest absolute Gasteiger partial charge is 0.264 e. The number of methoxy groups -OCH3 is 2. The number of nitrogens with one attached hydrogen (secondary N) is 1. The number of benzene rings is 2. The van der Waals surface area contributed by atoms with Crippen molar-refractivity contribution in [3.8, 4) is 11.5 Å². The molecule has 1 aliphatic carbocycles. The standard InChI is InChI=1S/C23H30N2O5S2/c1-29-21-13-12-20(16-22(21)30-2)32(27,28)25(18-8-4-3-5-9-18)17-23(26)24-14-15-31-19-10-6-7-11-19/h3-5,8-9,12-13,16,19H,6-7,10-11,14-15,17H2,1-2H3,(H,24,26). The normalized spacial score (nSPS) is 14.2. The molecule has 1 N–H and O–H groups in total. The van der Waals surface area contributed by atoms with Gasteiger partial charge in [0.1, 0.15) is 6.54 Å². The van der Waals surface area contributed by atoms with Crippen molar-refractivity contribution >= 4 is 33.4 Å². The number of rotatable bonds is 11. The summed E-state index contributed by atoms with van der Waals surface area (Å²) in [6, 6.07) is 13.0. The van der Waals surface area contributed by atoms with Gasteiger partial charge >= 0.3 is 0 Å². The maximum absolute atomic E-state index is 13.5. The van der Waals surface area contributed by atoms with Crippen LogP contribution in [0.3, 0.4) is 0 Å². The van der Waals surface area contributed by atoms with Gasteiger partial charge < -0.3 is 14.8 Å². The van der Waals surface area contributed by atoms with Crippen LogP contribution in [0.15, 0.2) is 53.4 Å². The largest absolute Gasteiger partial charge is 0.493 e. The number of ether oxygens (including phenoxy) is 2. The Bertz CT molecular complexity index is 993. The maximum atomic E-state index is 13.5. The lowest BCUT2D eigenvalue weighted by molar-refractivity contribution is -0.119. The first-order chi connectivity index (χ1) is 15.5. The molecule has 0 aliphatic heterocycles. The topological polar surface area (TPSA) is 84.9 Å². The van der Waals surface area contributed by atoms with E-state index < -0.39 is 10.0 Å². The third kappa shape index (κ3) is 6.10. The van der Waals surface area contributed by atoms with Gasteiger partial charge in [-0.1, -0.05) is 31.0 Å². The van der Waals surface area contributed by atoms with Crippen LogP contribution < -0.4 is 19.1 Å². The molecular formula is C23H30N2O5S2. The Hall–Kier alpha value is -2.39. The fourth-order valence-corrected chi connectivity index (χ4v) is 6.33. The molecule has 32 heavy (non-hydrogen) atoms. The fourth-order valence-electron chi connectivity index (χ4n) is 3.67. The van der Waals surface area contributed by atoms with Crippen LogP contribution in [0.5, 0.6) is 11.5 Å². The third-order valence-corrected chi connectivity index (χ3v) is 8.51. The molecular weight excluding hydrogens is 448 g/mol. The number of carbonyl (C=O) groups is 1. The number of hydrogen-bond acceptors (Lipinski definition) is 6. The quantitative estimate of drug-likeness (QED) is 0.496. The molecule has 0 atom stereocenters. The van der Waals surface area contributed by atoms with Crippen molar-refractivity contribution < 1.29 is 22.7 Å². The first-order valence-electron chi connectivity index (χ1n) is 10.6. The second-order valence-electron chi connectivity index (χ2n) is 7.49. The molecule has 2 aromatic rings. The predicted molar refractivity (Wildman–Crippen MR) is 128 cm³/mol. The molecule has 174 valence electrons. The van der Waals surface area contributed by atoms with Crippen LogP contribution in [0.25, 0.3) is 0 Å². The van der Waals surface area contributed by atoms with E-state index in [4.69, 9.17) is 9.47 Å². The van der Waals surface area contributed by atoms with Crippen molar-refractivity contribution in [1.29, 1.82) is 0 Å². The second-order valence-corrected chi connectivity index (χ2v) is 10.8. The zero-order chi connectivity index (χ0) is 23.0. The maximum Gasteiger partial charge on any atom is 0.264 e. The van der Waals surface area contributed by atoms with E-state index in [0.717, 1.165) is 10.1 Å². The summed E-state index contributed by atoms with van der Waals surface area (Å²) in [6.07, 6.45) is 5.04. The highest BCUT2D eigenvalue weighted by Gasteiger charge is 2.28. The lowest BCUT2D eigenvalue weighted by Crippen LogP contribution is -2.41. The number of para-hydroxylation sites is 1. The van der Waals surface area contributed by atoms with E-state index in [0.29, 0.717) is 29.0 Å². The van der Waals surface area contributed by atoms with Gasteiger partial charge in [0.25, 0.3) is 10.0 Å². The molecule has 0 heterocycles. The van der Waals surface area contributed by atoms with Crippen LogP contribution in [0.2, 0.25) is 0 Å². The zero-order valence-corrected chi connectivity index (χ0v) is 20.1. The number of sulfonamides is 1. The van der Waals surface area contributed by atoms with Gasteiger partial charge in [-0.2, -0.15) is 11.8 Å². The summed E-state index contributed by atoms with van der Waals surface area (Å²) < 4.78 is 38.6. The van der Waals surface area contributed by atoms with Gasteiger partial charge in [-0.25, -0.2) is 8.42 Å². The third-order valence-electron chi connectivity index (χ3n) is 5.35. The second kappa shape index (κ2) is 11.5. The minimum atomic E-state index is -4.02. The van der Waals surface area contributed by atoms with Crippen molar-refractivity contribution in [2.45, 2.75) is 35.8 Å². The zero-order valence-electron chi connectivity index (χ0n) is 18.5. The van der Waals surface area contributed by atoms with Crippen LogP contribution in [-0.2, 0) is 14.8 Å². The van der Waals surface area contributed by atoms with Gasteiger partial charge in [0.05, 0.1) is 24.8 Å². The van der Waals surface area contributed by atoms with Crippen molar-refractivity contribution in [1.82, 2.24) is 5.32 Å². The number of hydrogen-bond donors (Lipinski definition) is 1. The molecule has 1 fully saturated rings. The number of anilines is 1. The van der Waals surface area contributed by atoms with E-state index >= 15 is 0 Å². The van der Waals surface area contributed by atoms with E-state index in [9.17, 15) is 13.2 Å². The fraction of sp³-hybridized carbons (Fsp3) is 0.435. The van der Waals surface area contributed by atoms with Gasteiger partial charge in [0.2, 0.25) is 5.91 Å². The Kier molecular flexibility index (Phi) is 8.69. The Balaban J connectivity index is 1.74. The molecule has 2 aromatic carbocycles. The summed E-state index contributed by atoms with van der Waals surface area (Å²) in [5.41, 5.74) is 0.415. The lowest BCUT2D eigenvalue weighted by Gasteiger charge is -2.24. The molecule has 0 unspecified atom stereocenters. The van der Waals surface area contributed by atoms with Crippen molar-refractivity contribution in [3.05, 3.63) is 48.5 Å². The molecule has 7 nitrogen and oxygen atoms in total. The van der Waals surface area contributed by atoms with E-state index in [1.807, 2.05) is 11.8 Å². The average molecular weight is 479 g/mol. The summed E-state index contributed by atoms with van der Waals surface area (Å²) >= 11 is 1.88. The lowest BCUT2D eigenvalue weighted by atomic mass is 10.3.